The van der Waals surface area contributed by atoms with Crippen LogP contribution in [0.2, 0.25) is 0 Å². The molecule has 0 radical (unpaired) electrons. The number of amides is 1. The van der Waals surface area contributed by atoms with Crippen LogP contribution in [0, 0.1) is 15.9 Å². The molecule has 1 aliphatic heterocycles. The van der Waals surface area contributed by atoms with E-state index in [4.69, 9.17) is 0 Å². The average molecular weight is 346 g/mol. The summed E-state index contributed by atoms with van der Waals surface area (Å²) in [5.41, 5.74) is -0.285. The molecule has 1 N–H and O–H groups in total. The van der Waals surface area contributed by atoms with E-state index in [9.17, 15) is 24.4 Å². The third kappa shape index (κ3) is 3.35. The van der Waals surface area contributed by atoms with E-state index in [0.29, 0.717) is 26.2 Å². The van der Waals surface area contributed by atoms with Gasteiger partial charge in [-0.25, -0.2) is 9.37 Å². The van der Waals surface area contributed by atoms with Crippen molar-refractivity contribution in [3.63, 3.8) is 0 Å². The number of rotatable bonds is 3. The summed E-state index contributed by atoms with van der Waals surface area (Å²) in [5, 5.41) is 20.6. The van der Waals surface area contributed by atoms with Gasteiger partial charge in [0.15, 0.2) is 11.6 Å². The molecule has 9 heteroatoms. The summed E-state index contributed by atoms with van der Waals surface area (Å²) in [4.78, 5) is 29.8. The van der Waals surface area contributed by atoms with Gasteiger partial charge < -0.3 is 14.9 Å². The minimum absolute atomic E-state index is 0.00284. The van der Waals surface area contributed by atoms with Gasteiger partial charge in [0, 0.05) is 38.4 Å². The molecule has 0 bridgehead atoms. The van der Waals surface area contributed by atoms with Crippen molar-refractivity contribution < 1.29 is 19.2 Å². The Hall–Kier alpha value is -3.23. The first-order valence-electron chi connectivity index (χ1n) is 7.59. The summed E-state index contributed by atoms with van der Waals surface area (Å²) in [6.07, 6.45) is 1.50. The molecule has 1 aromatic heterocycles. The Morgan fingerprint density at radius 2 is 1.96 bits per heavy atom. The van der Waals surface area contributed by atoms with Gasteiger partial charge in [-0.05, 0) is 18.2 Å². The molecule has 25 heavy (non-hydrogen) atoms. The van der Waals surface area contributed by atoms with E-state index in [1.807, 2.05) is 0 Å². The quantitative estimate of drug-likeness (QED) is 0.672. The second kappa shape index (κ2) is 6.71. The molecule has 0 aliphatic carbocycles. The highest BCUT2D eigenvalue weighted by Crippen LogP contribution is 2.25. The van der Waals surface area contributed by atoms with E-state index in [1.165, 1.54) is 35.4 Å². The third-order valence-corrected chi connectivity index (χ3v) is 4.03. The number of aromatic nitrogens is 1. The van der Waals surface area contributed by atoms with Crippen LogP contribution in [0.4, 0.5) is 15.9 Å². The molecule has 0 unspecified atom stereocenters. The Kier molecular flexibility index (Phi) is 4.46. The summed E-state index contributed by atoms with van der Waals surface area (Å²) < 4.78 is 13.8. The van der Waals surface area contributed by atoms with E-state index in [0.717, 1.165) is 6.07 Å². The van der Waals surface area contributed by atoms with Crippen LogP contribution in [-0.2, 0) is 0 Å². The molecular weight excluding hydrogens is 331 g/mol. The summed E-state index contributed by atoms with van der Waals surface area (Å²) in [6.45, 7) is 1.44. The van der Waals surface area contributed by atoms with Crippen molar-refractivity contribution in [3.05, 3.63) is 58.0 Å². The van der Waals surface area contributed by atoms with E-state index >= 15 is 0 Å². The molecule has 1 amide bonds. The van der Waals surface area contributed by atoms with Gasteiger partial charge >= 0.3 is 0 Å². The zero-order valence-corrected chi connectivity index (χ0v) is 13.1. The van der Waals surface area contributed by atoms with Gasteiger partial charge in [-0.3, -0.25) is 14.9 Å². The first kappa shape index (κ1) is 16.6. The van der Waals surface area contributed by atoms with E-state index in [-0.39, 0.29) is 17.1 Å². The number of nitrogens with zero attached hydrogens (tertiary/aromatic N) is 4. The Morgan fingerprint density at radius 3 is 2.56 bits per heavy atom. The van der Waals surface area contributed by atoms with Crippen molar-refractivity contribution in [1.82, 2.24) is 9.88 Å². The first-order valence-corrected chi connectivity index (χ1v) is 7.59. The fourth-order valence-electron chi connectivity index (χ4n) is 2.72. The van der Waals surface area contributed by atoms with Crippen LogP contribution in [0.15, 0.2) is 36.5 Å². The predicted molar refractivity (Wildman–Crippen MR) is 87.1 cm³/mol. The van der Waals surface area contributed by atoms with Gasteiger partial charge in [0.05, 0.1) is 16.6 Å². The standard InChI is InChI=1S/C16H15FN4O4/c17-13-2-1-5-18-15(13)19-6-8-20(9-7-19)16(23)12-4-3-11(21(24)25)10-14(12)22/h1-5,10,22H,6-9H2. The molecule has 1 aliphatic rings. The molecule has 0 atom stereocenters. The third-order valence-electron chi connectivity index (χ3n) is 4.03. The smallest absolute Gasteiger partial charge is 0.273 e. The number of non-ortho nitro benzene ring substituents is 1. The monoisotopic (exact) mass is 346 g/mol. The maximum atomic E-state index is 13.8. The molecule has 1 saturated heterocycles. The number of halogens is 1. The van der Waals surface area contributed by atoms with Crippen molar-refractivity contribution in [2.24, 2.45) is 0 Å². The number of anilines is 1. The SMILES string of the molecule is O=C(c1ccc([N+](=O)[O-])cc1O)N1CCN(c2ncccc2F)CC1. The van der Waals surface area contributed by atoms with E-state index in [2.05, 4.69) is 4.98 Å². The molecule has 8 nitrogen and oxygen atoms in total. The van der Waals surface area contributed by atoms with Crippen molar-refractivity contribution in [2.75, 3.05) is 31.1 Å². The second-order valence-electron chi connectivity index (χ2n) is 5.55. The number of pyridine rings is 1. The topological polar surface area (TPSA) is 99.8 Å². The minimum Gasteiger partial charge on any atom is -0.507 e. The van der Waals surface area contributed by atoms with Gasteiger partial charge in [-0.15, -0.1) is 0 Å². The highest BCUT2D eigenvalue weighted by Gasteiger charge is 2.26. The second-order valence-corrected chi connectivity index (χ2v) is 5.55. The fraction of sp³-hybridized carbons (Fsp3) is 0.250. The lowest BCUT2D eigenvalue weighted by Gasteiger charge is -2.35. The number of nitro benzene ring substituents is 1. The molecule has 2 heterocycles. The van der Waals surface area contributed by atoms with Crippen LogP contribution >= 0.6 is 0 Å². The summed E-state index contributed by atoms with van der Waals surface area (Å²) in [5.74, 6) is -1.03. The Balaban J connectivity index is 1.70. The number of phenolic OH excluding ortho intramolecular Hbond substituents is 1. The summed E-state index contributed by atoms with van der Waals surface area (Å²) in [7, 11) is 0. The maximum absolute atomic E-state index is 13.8. The molecule has 1 fully saturated rings. The average Bonchev–Trinajstić information content (AvgIpc) is 2.61. The molecule has 0 saturated carbocycles. The molecule has 3 rings (SSSR count). The first-order chi connectivity index (χ1) is 12.0. The Labute approximate surface area is 142 Å². The fourth-order valence-corrected chi connectivity index (χ4v) is 2.72. The predicted octanol–water partition coefficient (Wildman–Crippen LogP) is 1.80. The number of hydrogen-bond acceptors (Lipinski definition) is 6. The van der Waals surface area contributed by atoms with Gasteiger partial charge in [0.2, 0.25) is 0 Å². The van der Waals surface area contributed by atoms with Crippen LogP contribution in [0.5, 0.6) is 5.75 Å². The lowest BCUT2D eigenvalue weighted by molar-refractivity contribution is -0.384. The van der Waals surface area contributed by atoms with Crippen molar-refractivity contribution in [2.45, 2.75) is 0 Å². The maximum Gasteiger partial charge on any atom is 0.273 e. The lowest BCUT2D eigenvalue weighted by atomic mass is 10.1. The Bertz CT molecular complexity index is 822. The van der Waals surface area contributed by atoms with Crippen LogP contribution < -0.4 is 4.90 Å². The van der Waals surface area contributed by atoms with Gasteiger partial charge in [-0.1, -0.05) is 0 Å². The Morgan fingerprint density at radius 1 is 1.24 bits per heavy atom. The summed E-state index contributed by atoms with van der Waals surface area (Å²) in [6, 6.07) is 6.20. The van der Waals surface area contributed by atoms with Crippen LogP contribution in [-0.4, -0.2) is 52.0 Å². The highest BCUT2D eigenvalue weighted by atomic mass is 19.1. The highest BCUT2D eigenvalue weighted by molar-refractivity contribution is 5.97. The van der Waals surface area contributed by atoms with Crippen molar-refractivity contribution in [3.8, 4) is 5.75 Å². The minimum atomic E-state index is -0.645. The molecule has 0 spiro atoms. The number of hydrogen-bond donors (Lipinski definition) is 1. The number of aromatic hydroxyl groups is 1. The normalized spacial score (nSPS) is 14.4. The van der Waals surface area contributed by atoms with Crippen molar-refractivity contribution in [1.29, 1.82) is 0 Å². The molecule has 1 aromatic carbocycles. The number of nitro groups is 1. The molecule has 2 aromatic rings. The van der Waals surface area contributed by atoms with E-state index in [1.54, 1.807) is 4.90 Å². The molecular formula is C16H15FN4O4. The number of phenols is 1. The zero-order valence-electron chi connectivity index (χ0n) is 13.1. The lowest BCUT2D eigenvalue weighted by Crippen LogP contribution is -2.49. The molecule has 130 valence electrons. The van der Waals surface area contributed by atoms with Crippen LogP contribution in [0.3, 0.4) is 0 Å². The largest absolute Gasteiger partial charge is 0.507 e. The number of carbonyl (C=O) groups excluding carboxylic acids is 1. The van der Waals surface area contributed by atoms with E-state index < -0.39 is 22.4 Å². The number of piperazine rings is 1. The van der Waals surface area contributed by atoms with Crippen molar-refractivity contribution >= 4 is 17.4 Å². The number of carbonyl (C=O) groups is 1. The van der Waals surface area contributed by atoms with Gasteiger partial charge in [-0.2, -0.15) is 0 Å². The number of benzene rings is 1. The van der Waals surface area contributed by atoms with Crippen LogP contribution in [0.25, 0.3) is 0 Å². The van der Waals surface area contributed by atoms with Crippen LogP contribution in [0.1, 0.15) is 10.4 Å². The van der Waals surface area contributed by atoms with Gasteiger partial charge in [0.25, 0.3) is 11.6 Å². The zero-order chi connectivity index (χ0) is 18.0. The summed E-state index contributed by atoms with van der Waals surface area (Å²) >= 11 is 0. The van der Waals surface area contributed by atoms with Gasteiger partial charge in [0.1, 0.15) is 5.75 Å².